The van der Waals surface area contributed by atoms with Gasteiger partial charge in [-0.25, -0.2) is 9.07 Å². The summed E-state index contributed by atoms with van der Waals surface area (Å²) in [6.07, 6.45) is 5.21. The molecule has 2 heterocycles. The molecule has 1 aliphatic rings. The Morgan fingerprint density at radius 3 is 2.59 bits per heavy atom. The molecule has 1 aromatic heterocycles. The van der Waals surface area contributed by atoms with Crippen molar-refractivity contribution in [1.82, 2.24) is 15.1 Å². The molecular weight excluding hydrogens is 495 g/mol. The minimum atomic E-state index is -0.448. The molecule has 196 valence electrons. The number of carbonyl (C=O) groups excluding carboxylic acids is 1. The lowest BCUT2D eigenvalue weighted by Gasteiger charge is -2.10. The fourth-order valence-electron chi connectivity index (χ4n) is 4.30. The fraction of sp³-hybridized carbons (Fsp3) is 0.194. The van der Waals surface area contributed by atoms with Gasteiger partial charge >= 0.3 is 0 Å². The minimum Gasteiger partial charge on any atom is -0.489 e. The van der Waals surface area contributed by atoms with Gasteiger partial charge in [0.15, 0.2) is 0 Å². The van der Waals surface area contributed by atoms with Crippen molar-refractivity contribution in [2.45, 2.75) is 25.6 Å². The second kappa shape index (κ2) is 12.2. The third kappa shape index (κ3) is 6.58. The lowest BCUT2D eigenvalue weighted by Crippen LogP contribution is -2.32. The third-order valence-corrected chi connectivity index (χ3v) is 6.39. The van der Waals surface area contributed by atoms with Gasteiger partial charge in [0, 0.05) is 30.5 Å². The van der Waals surface area contributed by atoms with Crippen molar-refractivity contribution >= 4 is 12.0 Å². The molecule has 8 heteroatoms. The SMILES string of the molecule is N#C/C(=C\c1cn(-c2ccccc2)nc1-c1ccc(OCc2ccc(F)cc2)cc1)C(=O)NC[C@@H]1CCCO1. The minimum absolute atomic E-state index is 0.0129. The number of nitrogens with zero attached hydrogens (tertiary/aromatic N) is 3. The van der Waals surface area contributed by atoms with Crippen LogP contribution in [0.3, 0.4) is 0 Å². The molecule has 4 aromatic rings. The molecule has 1 aliphatic heterocycles. The topological polar surface area (TPSA) is 89.2 Å². The molecule has 3 aromatic carbocycles. The number of para-hydroxylation sites is 1. The van der Waals surface area contributed by atoms with E-state index in [4.69, 9.17) is 14.6 Å². The number of halogens is 1. The van der Waals surface area contributed by atoms with Gasteiger partial charge in [-0.3, -0.25) is 4.79 Å². The summed E-state index contributed by atoms with van der Waals surface area (Å²) < 4.78 is 26.3. The summed E-state index contributed by atoms with van der Waals surface area (Å²) in [7, 11) is 0. The van der Waals surface area contributed by atoms with Gasteiger partial charge in [-0.05, 0) is 73.0 Å². The molecule has 0 radical (unpaired) electrons. The largest absolute Gasteiger partial charge is 0.489 e. The van der Waals surface area contributed by atoms with Gasteiger partial charge in [0.1, 0.15) is 29.8 Å². The van der Waals surface area contributed by atoms with E-state index in [1.165, 1.54) is 12.1 Å². The maximum absolute atomic E-state index is 13.1. The quantitative estimate of drug-likeness (QED) is 0.233. The molecule has 5 rings (SSSR count). The highest BCUT2D eigenvalue weighted by molar-refractivity contribution is 6.02. The van der Waals surface area contributed by atoms with Crippen LogP contribution in [-0.2, 0) is 16.1 Å². The molecule has 1 amide bonds. The highest BCUT2D eigenvalue weighted by Crippen LogP contribution is 2.28. The first kappa shape index (κ1) is 25.9. The van der Waals surface area contributed by atoms with Crippen LogP contribution in [0.5, 0.6) is 5.75 Å². The van der Waals surface area contributed by atoms with E-state index in [-0.39, 0.29) is 17.5 Å². The Hall–Kier alpha value is -4.74. The van der Waals surface area contributed by atoms with Crippen LogP contribution in [0.1, 0.15) is 24.0 Å². The molecule has 1 fully saturated rings. The average Bonchev–Trinajstić information content (AvgIpc) is 3.65. The van der Waals surface area contributed by atoms with Gasteiger partial charge in [0.05, 0.1) is 17.5 Å². The van der Waals surface area contributed by atoms with Gasteiger partial charge in [-0.1, -0.05) is 30.3 Å². The van der Waals surface area contributed by atoms with Crippen LogP contribution in [0.2, 0.25) is 0 Å². The van der Waals surface area contributed by atoms with Gasteiger partial charge in [-0.15, -0.1) is 0 Å². The van der Waals surface area contributed by atoms with Gasteiger partial charge < -0.3 is 14.8 Å². The number of rotatable bonds is 9. The zero-order chi connectivity index (χ0) is 27.0. The Morgan fingerprint density at radius 1 is 1.13 bits per heavy atom. The van der Waals surface area contributed by atoms with Crippen molar-refractivity contribution in [2.24, 2.45) is 0 Å². The van der Waals surface area contributed by atoms with Crippen molar-refractivity contribution in [3.05, 3.63) is 108 Å². The number of hydrogen-bond donors (Lipinski definition) is 1. The lowest BCUT2D eigenvalue weighted by atomic mass is 10.1. The van der Waals surface area contributed by atoms with Crippen LogP contribution >= 0.6 is 0 Å². The highest BCUT2D eigenvalue weighted by Gasteiger charge is 2.19. The standard InChI is InChI=1S/C31H27FN4O3/c32-26-12-8-22(9-13-26)21-39-28-14-10-23(11-15-28)30-25(20-36(35-30)27-5-2-1-3-6-27)17-24(18-33)31(37)34-19-29-7-4-16-38-29/h1-3,5-6,8-15,17,20,29H,4,7,16,19,21H2,(H,34,37)/b24-17+/t29-/m0/s1. The lowest BCUT2D eigenvalue weighted by molar-refractivity contribution is -0.117. The summed E-state index contributed by atoms with van der Waals surface area (Å²) >= 11 is 0. The number of aromatic nitrogens is 2. The van der Waals surface area contributed by atoms with E-state index in [0.717, 1.165) is 29.7 Å². The summed E-state index contributed by atoms with van der Waals surface area (Å²) in [5.74, 6) is -0.0902. The van der Waals surface area contributed by atoms with Crippen LogP contribution in [-0.4, -0.2) is 34.9 Å². The maximum atomic E-state index is 13.1. The number of amides is 1. The normalized spacial score (nSPS) is 15.1. The smallest absolute Gasteiger partial charge is 0.262 e. The van der Waals surface area contributed by atoms with E-state index in [2.05, 4.69) is 5.32 Å². The van der Waals surface area contributed by atoms with Crippen LogP contribution in [0.15, 0.2) is 90.6 Å². The summed E-state index contributed by atoms with van der Waals surface area (Å²) in [6.45, 7) is 1.37. The Bertz CT molecular complexity index is 1480. The third-order valence-electron chi connectivity index (χ3n) is 6.39. The van der Waals surface area contributed by atoms with Crippen LogP contribution in [0.4, 0.5) is 4.39 Å². The molecule has 39 heavy (non-hydrogen) atoms. The number of nitriles is 1. The van der Waals surface area contributed by atoms with Crippen LogP contribution < -0.4 is 10.1 Å². The molecular formula is C31H27FN4O3. The number of ether oxygens (including phenoxy) is 2. The summed E-state index contributed by atoms with van der Waals surface area (Å²) in [4.78, 5) is 12.8. The number of nitrogens with one attached hydrogen (secondary N) is 1. The maximum Gasteiger partial charge on any atom is 0.262 e. The van der Waals surface area contributed by atoms with E-state index >= 15 is 0 Å². The van der Waals surface area contributed by atoms with Crippen molar-refractivity contribution in [3.8, 4) is 28.8 Å². The van der Waals surface area contributed by atoms with Gasteiger partial charge in [0.25, 0.3) is 5.91 Å². The number of benzene rings is 3. The first-order valence-corrected chi connectivity index (χ1v) is 12.7. The summed E-state index contributed by atoms with van der Waals surface area (Å²) in [5.41, 5.74) is 3.73. The highest BCUT2D eigenvalue weighted by atomic mass is 19.1. The molecule has 1 saturated heterocycles. The monoisotopic (exact) mass is 522 g/mol. The van der Waals surface area contributed by atoms with Crippen LogP contribution in [0.25, 0.3) is 23.0 Å². The molecule has 0 bridgehead atoms. The number of hydrogen-bond acceptors (Lipinski definition) is 5. The van der Waals surface area contributed by atoms with Crippen molar-refractivity contribution in [3.63, 3.8) is 0 Å². The summed E-state index contributed by atoms with van der Waals surface area (Å²) in [5, 5.41) is 17.3. The Balaban J connectivity index is 1.39. The predicted octanol–water partition coefficient (Wildman–Crippen LogP) is 5.46. The molecule has 1 N–H and O–H groups in total. The Kier molecular flexibility index (Phi) is 8.10. The zero-order valence-corrected chi connectivity index (χ0v) is 21.2. The first-order chi connectivity index (χ1) is 19.1. The predicted molar refractivity (Wildman–Crippen MR) is 145 cm³/mol. The van der Waals surface area contributed by atoms with Crippen molar-refractivity contribution in [2.75, 3.05) is 13.2 Å². The Labute approximate surface area is 226 Å². The van der Waals surface area contributed by atoms with Gasteiger partial charge in [0.2, 0.25) is 0 Å². The van der Waals surface area contributed by atoms with E-state index < -0.39 is 5.91 Å². The van der Waals surface area contributed by atoms with Crippen molar-refractivity contribution in [1.29, 1.82) is 5.26 Å². The second-order valence-corrected chi connectivity index (χ2v) is 9.17. The molecule has 0 aliphatic carbocycles. The molecule has 0 saturated carbocycles. The molecule has 0 spiro atoms. The van der Waals surface area contributed by atoms with E-state index in [1.807, 2.05) is 60.7 Å². The zero-order valence-electron chi connectivity index (χ0n) is 21.2. The van der Waals surface area contributed by atoms with E-state index in [0.29, 0.717) is 36.8 Å². The average molecular weight is 523 g/mol. The molecule has 7 nitrogen and oxygen atoms in total. The Morgan fingerprint density at radius 2 is 1.90 bits per heavy atom. The van der Waals surface area contributed by atoms with E-state index in [1.54, 1.807) is 29.1 Å². The number of carbonyl (C=O) groups is 1. The van der Waals surface area contributed by atoms with Gasteiger partial charge in [-0.2, -0.15) is 10.4 Å². The van der Waals surface area contributed by atoms with E-state index in [9.17, 15) is 14.4 Å². The molecule has 1 atom stereocenters. The fourth-order valence-corrected chi connectivity index (χ4v) is 4.30. The molecule has 0 unspecified atom stereocenters. The second-order valence-electron chi connectivity index (χ2n) is 9.17. The summed E-state index contributed by atoms with van der Waals surface area (Å²) in [6, 6.07) is 25.2. The first-order valence-electron chi connectivity index (χ1n) is 12.7. The van der Waals surface area contributed by atoms with Crippen molar-refractivity contribution < 1.29 is 18.7 Å². The van der Waals surface area contributed by atoms with Crippen LogP contribution in [0, 0.1) is 17.1 Å².